The van der Waals surface area contributed by atoms with Crippen molar-refractivity contribution in [1.29, 1.82) is 0 Å². The van der Waals surface area contributed by atoms with E-state index in [-0.39, 0.29) is 5.69 Å². The number of aliphatic hydroxyl groups excluding tert-OH is 1. The normalized spacial score (nSPS) is 13.0. The van der Waals surface area contributed by atoms with Gasteiger partial charge >= 0.3 is 6.18 Å². The number of halogens is 4. The quantitative estimate of drug-likeness (QED) is 0.710. The minimum Gasteiger partial charge on any atom is -0.397 e. The summed E-state index contributed by atoms with van der Waals surface area (Å²) in [4.78, 5) is 0. The molecular formula is C16H16ClF3N2O. The number of aliphatic hydroxyl groups is 1. The first-order chi connectivity index (χ1) is 10.7. The smallest absolute Gasteiger partial charge is 0.397 e. The molecule has 2 rings (SSSR count). The zero-order chi connectivity index (χ0) is 17.2. The molecule has 0 bridgehead atoms. The average Bonchev–Trinajstić information content (AvgIpc) is 2.43. The lowest BCUT2D eigenvalue weighted by molar-refractivity contribution is -0.137. The minimum absolute atomic E-state index is 0.0465. The first kappa shape index (κ1) is 17.4. The van der Waals surface area contributed by atoms with E-state index in [0.717, 1.165) is 17.7 Å². The van der Waals surface area contributed by atoms with Crippen molar-refractivity contribution in [2.45, 2.75) is 25.6 Å². The molecule has 0 unspecified atom stereocenters. The summed E-state index contributed by atoms with van der Waals surface area (Å²) in [5.74, 6) is 0. The summed E-state index contributed by atoms with van der Waals surface area (Å²) in [6, 6.07) is 9.11. The number of benzene rings is 2. The lowest BCUT2D eigenvalue weighted by atomic mass is 10.1. The number of nitrogen functional groups attached to an aromatic ring is 1. The zero-order valence-corrected chi connectivity index (χ0v) is 13.0. The average molecular weight is 345 g/mol. The van der Waals surface area contributed by atoms with Crippen LogP contribution in [0.4, 0.5) is 30.2 Å². The molecule has 0 amide bonds. The van der Waals surface area contributed by atoms with E-state index >= 15 is 0 Å². The summed E-state index contributed by atoms with van der Waals surface area (Å²) in [5.41, 5.74) is 6.57. The van der Waals surface area contributed by atoms with E-state index < -0.39 is 22.9 Å². The van der Waals surface area contributed by atoms with E-state index in [0.29, 0.717) is 17.8 Å². The van der Waals surface area contributed by atoms with Gasteiger partial charge in [-0.1, -0.05) is 23.7 Å². The monoisotopic (exact) mass is 344 g/mol. The number of nitrogens with one attached hydrogen (secondary N) is 1. The molecule has 0 saturated heterocycles. The van der Waals surface area contributed by atoms with Crippen molar-refractivity contribution < 1.29 is 18.3 Å². The summed E-state index contributed by atoms with van der Waals surface area (Å²) in [7, 11) is 0. The number of hydrogen-bond acceptors (Lipinski definition) is 3. The number of hydrogen-bond donors (Lipinski definition) is 3. The van der Waals surface area contributed by atoms with Gasteiger partial charge in [0.2, 0.25) is 0 Å². The van der Waals surface area contributed by atoms with Gasteiger partial charge in [0.25, 0.3) is 0 Å². The van der Waals surface area contributed by atoms with Crippen LogP contribution in [0.5, 0.6) is 0 Å². The Hall–Kier alpha value is -1.92. The van der Waals surface area contributed by atoms with Crippen LogP contribution in [-0.2, 0) is 12.6 Å². The van der Waals surface area contributed by atoms with E-state index in [4.69, 9.17) is 17.3 Å². The highest BCUT2D eigenvalue weighted by molar-refractivity contribution is 6.32. The second-order valence-corrected chi connectivity index (χ2v) is 5.70. The molecule has 0 spiro atoms. The molecular weight excluding hydrogens is 329 g/mol. The molecule has 23 heavy (non-hydrogen) atoms. The molecule has 0 aliphatic rings. The Labute approximate surface area is 136 Å². The predicted molar refractivity (Wildman–Crippen MR) is 86.0 cm³/mol. The highest BCUT2D eigenvalue weighted by Gasteiger charge is 2.33. The largest absolute Gasteiger partial charge is 0.417 e. The van der Waals surface area contributed by atoms with E-state index in [1.165, 1.54) is 0 Å². The molecule has 0 saturated carbocycles. The molecule has 0 aromatic heterocycles. The lowest BCUT2D eigenvalue weighted by Gasteiger charge is -2.15. The Balaban J connectivity index is 2.22. The topological polar surface area (TPSA) is 58.3 Å². The van der Waals surface area contributed by atoms with E-state index in [1.54, 1.807) is 19.1 Å². The van der Waals surface area contributed by atoms with Crippen molar-refractivity contribution in [2.24, 2.45) is 0 Å². The standard InChI is InChI=1S/C16H16ClF3N2O/c1-9(23)6-10-2-4-11(5-3-10)22-15-8-13(17)12(7-14(15)21)16(18,19)20/h2-5,7-9,22-23H,6,21H2,1H3/t9-/m0/s1. The number of rotatable bonds is 4. The summed E-state index contributed by atoms with van der Waals surface area (Å²) in [6.45, 7) is 1.69. The summed E-state index contributed by atoms with van der Waals surface area (Å²) >= 11 is 5.69. The Morgan fingerprint density at radius 1 is 1.22 bits per heavy atom. The molecule has 2 aromatic carbocycles. The van der Waals surface area contributed by atoms with Crippen molar-refractivity contribution in [3.63, 3.8) is 0 Å². The van der Waals surface area contributed by atoms with Gasteiger partial charge in [-0.05, 0) is 43.2 Å². The number of anilines is 3. The Morgan fingerprint density at radius 3 is 2.35 bits per heavy atom. The fraction of sp³-hybridized carbons (Fsp3) is 0.250. The van der Waals surface area contributed by atoms with Crippen LogP contribution in [0.25, 0.3) is 0 Å². The van der Waals surface area contributed by atoms with Gasteiger partial charge in [-0.3, -0.25) is 0 Å². The van der Waals surface area contributed by atoms with Crippen molar-refractivity contribution in [2.75, 3.05) is 11.1 Å². The van der Waals surface area contributed by atoms with Crippen LogP contribution in [-0.4, -0.2) is 11.2 Å². The maximum Gasteiger partial charge on any atom is 0.417 e. The third-order valence-electron chi connectivity index (χ3n) is 3.21. The number of nitrogens with two attached hydrogens (primary N) is 1. The molecule has 124 valence electrons. The fourth-order valence-electron chi connectivity index (χ4n) is 2.14. The minimum atomic E-state index is -4.55. The van der Waals surface area contributed by atoms with Crippen LogP contribution < -0.4 is 11.1 Å². The molecule has 4 N–H and O–H groups in total. The van der Waals surface area contributed by atoms with Crippen LogP contribution in [0.3, 0.4) is 0 Å². The second kappa shape index (κ2) is 6.68. The molecule has 0 radical (unpaired) electrons. The van der Waals surface area contributed by atoms with Gasteiger partial charge < -0.3 is 16.2 Å². The van der Waals surface area contributed by atoms with Crippen LogP contribution in [0.1, 0.15) is 18.1 Å². The summed E-state index contributed by atoms with van der Waals surface area (Å²) in [5, 5.41) is 11.8. The van der Waals surface area contributed by atoms with Crippen molar-refractivity contribution in [1.82, 2.24) is 0 Å². The fourth-order valence-corrected chi connectivity index (χ4v) is 2.41. The van der Waals surface area contributed by atoms with Crippen LogP contribution >= 0.6 is 11.6 Å². The predicted octanol–water partition coefficient (Wildman–Crippen LogP) is 4.61. The van der Waals surface area contributed by atoms with Gasteiger partial charge in [0, 0.05) is 5.69 Å². The second-order valence-electron chi connectivity index (χ2n) is 5.29. The molecule has 0 fully saturated rings. The van der Waals surface area contributed by atoms with Crippen molar-refractivity contribution >= 4 is 28.7 Å². The van der Waals surface area contributed by atoms with E-state index in [1.807, 2.05) is 12.1 Å². The molecule has 0 heterocycles. The van der Waals surface area contributed by atoms with Crippen LogP contribution in [0, 0.1) is 0 Å². The van der Waals surface area contributed by atoms with Gasteiger partial charge in [-0.2, -0.15) is 13.2 Å². The Kier molecular flexibility index (Phi) is 5.06. The summed E-state index contributed by atoms with van der Waals surface area (Å²) < 4.78 is 38.3. The summed E-state index contributed by atoms with van der Waals surface area (Å²) in [6.07, 6.45) is -4.47. The third kappa shape index (κ3) is 4.53. The highest BCUT2D eigenvalue weighted by Crippen LogP contribution is 2.39. The SMILES string of the molecule is C[C@H](O)Cc1ccc(Nc2cc(Cl)c(C(F)(F)F)cc2N)cc1. The first-order valence-electron chi connectivity index (χ1n) is 6.87. The van der Waals surface area contributed by atoms with Gasteiger partial charge in [-0.15, -0.1) is 0 Å². The van der Waals surface area contributed by atoms with Gasteiger partial charge in [0.05, 0.1) is 28.1 Å². The van der Waals surface area contributed by atoms with E-state index in [2.05, 4.69) is 5.32 Å². The maximum absolute atomic E-state index is 12.8. The van der Waals surface area contributed by atoms with Crippen LogP contribution in [0.15, 0.2) is 36.4 Å². The highest BCUT2D eigenvalue weighted by atomic mass is 35.5. The Morgan fingerprint density at radius 2 is 1.83 bits per heavy atom. The third-order valence-corrected chi connectivity index (χ3v) is 3.52. The van der Waals surface area contributed by atoms with Crippen LogP contribution in [0.2, 0.25) is 5.02 Å². The van der Waals surface area contributed by atoms with Gasteiger partial charge in [-0.25, -0.2) is 0 Å². The van der Waals surface area contributed by atoms with Crippen molar-refractivity contribution in [3.8, 4) is 0 Å². The molecule has 1 atom stereocenters. The maximum atomic E-state index is 12.8. The zero-order valence-electron chi connectivity index (χ0n) is 12.3. The molecule has 2 aromatic rings. The molecule has 0 aliphatic heterocycles. The lowest BCUT2D eigenvalue weighted by Crippen LogP contribution is -2.08. The Bertz CT molecular complexity index is 685. The van der Waals surface area contributed by atoms with Gasteiger partial charge in [0.15, 0.2) is 0 Å². The molecule has 7 heteroatoms. The first-order valence-corrected chi connectivity index (χ1v) is 7.25. The van der Waals surface area contributed by atoms with Crippen molar-refractivity contribution in [3.05, 3.63) is 52.5 Å². The molecule has 0 aliphatic carbocycles. The number of alkyl halides is 3. The molecule has 3 nitrogen and oxygen atoms in total. The van der Waals surface area contributed by atoms with E-state index in [9.17, 15) is 18.3 Å². The van der Waals surface area contributed by atoms with Gasteiger partial charge in [0.1, 0.15) is 0 Å².